The third kappa shape index (κ3) is 7.96. The number of nitrogens with two attached hydrogens (primary N) is 1. The zero-order valence-corrected chi connectivity index (χ0v) is 16.2. The van der Waals surface area contributed by atoms with Gasteiger partial charge in [0, 0.05) is 13.1 Å². The van der Waals surface area contributed by atoms with E-state index in [-0.39, 0.29) is 59.1 Å². The van der Waals surface area contributed by atoms with Gasteiger partial charge in [-0.2, -0.15) is 0 Å². The maximum absolute atomic E-state index is 8.93. The van der Waals surface area contributed by atoms with Crippen LogP contribution in [0.1, 0.15) is 12.1 Å². The maximum Gasteiger partial charge on any atom is 1.00 e. The van der Waals surface area contributed by atoms with Crippen LogP contribution in [0.3, 0.4) is 0 Å². The first-order valence-electron chi connectivity index (χ1n) is 5.30. The summed E-state index contributed by atoms with van der Waals surface area (Å²) in [5.74, 6) is -3.99. The van der Waals surface area contributed by atoms with Crippen LogP contribution in [0.2, 0.25) is 0 Å². The molecule has 0 bridgehead atoms. The van der Waals surface area contributed by atoms with Gasteiger partial charge in [-0.1, -0.05) is 6.08 Å². The topological polar surface area (TPSA) is 148 Å². The van der Waals surface area contributed by atoms with E-state index in [0.29, 0.717) is 11.5 Å². The molecule has 0 atom stereocenters. The zero-order valence-electron chi connectivity index (χ0n) is 12.2. The van der Waals surface area contributed by atoms with Crippen molar-refractivity contribution >= 4 is 23.3 Å². The van der Waals surface area contributed by atoms with Crippen LogP contribution in [0.25, 0.3) is 5.57 Å². The van der Waals surface area contributed by atoms with Crippen molar-refractivity contribution < 1.29 is 83.5 Å². The average Bonchev–Trinajstić information content (AvgIpc) is 2.76. The van der Waals surface area contributed by atoms with Gasteiger partial charge >= 0.3 is 59.1 Å². The van der Waals surface area contributed by atoms with E-state index in [1.807, 2.05) is 0 Å². The normalized spacial score (nSPS) is 13.7. The number of likely N-dealkylation sites (N-methyl/N-ethyl adjacent to an activating group) is 1. The zero-order chi connectivity index (χ0) is 14.4. The fraction of sp³-hybridized carbons (Fsp3) is 0.400. The second-order valence-electron chi connectivity index (χ2n) is 3.83. The van der Waals surface area contributed by atoms with Crippen LogP contribution in [0, 0.1) is 0 Å². The Kier molecular flexibility index (Phi) is 12.2. The minimum atomic E-state index is -2.19. The molecule has 21 heavy (non-hydrogen) atoms. The summed E-state index contributed by atoms with van der Waals surface area (Å²) in [6.45, 7) is 1.94. The van der Waals surface area contributed by atoms with Gasteiger partial charge in [-0.15, -0.1) is 0 Å². The van der Waals surface area contributed by atoms with Crippen molar-refractivity contribution in [2.75, 3.05) is 25.9 Å². The van der Waals surface area contributed by atoms with Crippen molar-refractivity contribution in [1.82, 2.24) is 15.2 Å². The minimum Gasteiger partial charge on any atom is -0.543 e. The summed E-state index contributed by atoms with van der Waals surface area (Å²) in [7, 11) is 2.07. The van der Waals surface area contributed by atoms with Gasteiger partial charge in [-0.05, 0) is 29.4 Å². The SMILES string of the molecule is CN1CCC=C(c2nonc2N)C1.O=C([O-])C(=O)[O-].[Na+].[Na+]. The molecule has 0 saturated carbocycles. The Bertz CT molecular complexity index is 493. The van der Waals surface area contributed by atoms with Crippen LogP contribution < -0.4 is 75.1 Å². The summed E-state index contributed by atoms with van der Waals surface area (Å²) >= 11 is 0. The Morgan fingerprint density at radius 2 is 1.86 bits per heavy atom. The number of carbonyl (C=O) groups is 2. The molecule has 0 unspecified atom stereocenters. The van der Waals surface area contributed by atoms with E-state index in [9.17, 15) is 0 Å². The summed E-state index contributed by atoms with van der Waals surface area (Å²) in [4.78, 5) is 20.1. The summed E-state index contributed by atoms with van der Waals surface area (Å²) in [5, 5.41) is 25.2. The standard InChI is InChI=1S/C8H12N4O.C2H2O4.2Na/c1-12-4-2-3-6(5-12)7-8(9)11-13-10-7;3-1(4)2(5)6;;/h3H,2,4-5H2,1H3,(H2,9,11);(H,3,4)(H,5,6);;/q;;2*+1/p-2. The Morgan fingerprint density at radius 3 is 2.24 bits per heavy atom. The fourth-order valence-corrected chi connectivity index (χ4v) is 1.48. The van der Waals surface area contributed by atoms with Gasteiger partial charge in [0.05, 0.1) is 11.9 Å². The molecule has 0 aromatic carbocycles. The van der Waals surface area contributed by atoms with Crippen molar-refractivity contribution in [1.29, 1.82) is 0 Å². The number of hydrogen-bond donors (Lipinski definition) is 1. The quantitative estimate of drug-likeness (QED) is 0.394. The molecule has 0 aliphatic carbocycles. The average molecular weight is 314 g/mol. The molecule has 0 fully saturated rings. The molecule has 1 aromatic heterocycles. The molecule has 0 spiro atoms. The molecule has 11 heteroatoms. The Labute approximate surface area is 165 Å². The van der Waals surface area contributed by atoms with E-state index in [4.69, 9.17) is 25.5 Å². The van der Waals surface area contributed by atoms with Crippen LogP contribution in [-0.4, -0.2) is 47.3 Å². The molecule has 2 N–H and O–H groups in total. The van der Waals surface area contributed by atoms with Gasteiger partial charge in [0.25, 0.3) is 0 Å². The monoisotopic (exact) mass is 314 g/mol. The van der Waals surface area contributed by atoms with Crippen LogP contribution in [0.4, 0.5) is 5.82 Å². The number of aliphatic carboxylic acids is 2. The van der Waals surface area contributed by atoms with E-state index in [1.54, 1.807) is 0 Å². The number of nitrogen functional groups attached to an aromatic ring is 1. The first-order chi connectivity index (χ1) is 8.91. The van der Waals surface area contributed by atoms with E-state index >= 15 is 0 Å². The first-order valence-corrected chi connectivity index (χ1v) is 5.30. The molecule has 1 aromatic rings. The minimum absolute atomic E-state index is 0. The molecule has 0 radical (unpaired) electrons. The summed E-state index contributed by atoms with van der Waals surface area (Å²) < 4.78 is 4.55. The predicted molar refractivity (Wildman–Crippen MR) is 58.8 cm³/mol. The molecular formula is C10H12N4Na2O5. The van der Waals surface area contributed by atoms with Gasteiger partial charge in [-0.3, -0.25) is 0 Å². The van der Waals surface area contributed by atoms with Crippen LogP contribution in [0.15, 0.2) is 10.7 Å². The van der Waals surface area contributed by atoms with Crippen molar-refractivity contribution in [3.63, 3.8) is 0 Å². The first kappa shape index (κ1) is 22.9. The third-order valence-corrected chi connectivity index (χ3v) is 2.33. The van der Waals surface area contributed by atoms with E-state index in [2.05, 4.69) is 33.0 Å². The molecule has 1 aliphatic rings. The Balaban J connectivity index is 0. The van der Waals surface area contributed by atoms with Gasteiger partial charge in [-0.25, -0.2) is 4.63 Å². The summed E-state index contributed by atoms with van der Waals surface area (Å²) in [6.07, 6.45) is 3.16. The molecule has 2 rings (SSSR count). The summed E-state index contributed by atoms with van der Waals surface area (Å²) in [6, 6.07) is 0. The molecular weight excluding hydrogens is 302 g/mol. The molecule has 0 amide bonds. The van der Waals surface area contributed by atoms with Crippen LogP contribution >= 0.6 is 0 Å². The van der Waals surface area contributed by atoms with Crippen molar-refractivity contribution in [2.45, 2.75) is 6.42 Å². The number of carboxylic acid groups (broad SMARTS) is 2. The van der Waals surface area contributed by atoms with Crippen molar-refractivity contribution in [3.05, 3.63) is 11.8 Å². The smallest absolute Gasteiger partial charge is 0.543 e. The van der Waals surface area contributed by atoms with Crippen molar-refractivity contribution in [2.24, 2.45) is 0 Å². The second kappa shape index (κ2) is 11.2. The van der Waals surface area contributed by atoms with Crippen molar-refractivity contribution in [3.8, 4) is 0 Å². The number of carbonyl (C=O) groups excluding carboxylic acids is 2. The Morgan fingerprint density at radius 1 is 1.29 bits per heavy atom. The number of rotatable bonds is 1. The number of hydrogen-bond acceptors (Lipinski definition) is 9. The number of anilines is 1. The maximum atomic E-state index is 8.93. The van der Waals surface area contributed by atoms with Crippen LogP contribution in [-0.2, 0) is 9.59 Å². The third-order valence-electron chi connectivity index (χ3n) is 2.33. The molecule has 9 nitrogen and oxygen atoms in total. The van der Waals surface area contributed by atoms with E-state index in [0.717, 1.165) is 25.1 Å². The second-order valence-corrected chi connectivity index (χ2v) is 3.83. The van der Waals surface area contributed by atoms with E-state index in [1.165, 1.54) is 0 Å². The molecule has 104 valence electrons. The molecule has 0 saturated heterocycles. The van der Waals surface area contributed by atoms with Gasteiger partial charge in [0.2, 0.25) is 0 Å². The van der Waals surface area contributed by atoms with Gasteiger partial charge in [0.15, 0.2) is 11.5 Å². The predicted octanol–water partition coefficient (Wildman–Crippen LogP) is -9.14. The van der Waals surface area contributed by atoms with Crippen LogP contribution in [0.5, 0.6) is 0 Å². The molecule has 2 heterocycles. The van der Waals surface area contributed by atoms with E-state index < -0.39 is 11.9 Å². The number of carboxylic acids is 2. The largest absolute Gasteiger partial charge is 1.00 e. The number of nitrogens with zero attached hydrogens (tertiary/aromatic N) is 3. The fourth-order valence-electron chi connectivity index (χ4n) is 1.48. The van der Waals surface area contributed by atoms with Gasteiger partial charge < -0.3 is 30.4 Å². The molecule has 1 aliphatic heterocycles. The Hall–Kier alpha value is -0.420. The summed E-state index contributed by atoms with van der Waals surface area (Å²) in [5.41, 5.74) is 7.38. The number of aromatic nitrogens is 2. The van der Waals surface area contributed by atoms with Gasteiger partial charge in [0.1, 0.15) is 0 Å².